The molecule has 0 radical (unpaired) electrons. The molecule has 0 aromatic carbocycles. The van der Waals surface area contributed by atoms with Crippen molar-refractivity contribution in [1.29, 1.82) is 0 Å². The summed E-state index contributed by atoms with van der Waals surface area (Å²) in [5.41, 5.74) is 0. The SMILES string of the molecule is C[C@H]1CN(C)C[C@@H]1NPP. The Morgan fingerprint density at radius 3 is 2.70 bits per heavy atom. The number of hydrogen-bond acceptors (Lipinski definition) is 2. The molecule has 0 spiro atoms. The first-order valence-corrected chi connectivity index (χ1v) is 6.44. The molecule has 0 amide bonds. The molecular formula is C6H16N2P2. The van der Waals surface area contributed by atoms with E-state index in [1.165, 1.54) is 13.1 Å². The van der Waals surface area contributed by atoms with Crippen LogP contribution in [0.4, 0.5) is 0 Å². The molecule has 1 aliphatic rings. The maximum Gasteiger partial charge on any atom is 0.0269 e. The van der Waals surface area contributed by atoms with Crippen molar-refractivity contribution in [3.63, 3.8) is 0 Å². The van der Waals surface area contributed by atoms with Crippen molar-refractivity contribution >= 4 is 17.3 Å². The maximum atomic E-state index is 3.47. The fourth-order valence-electron chi connectivity index (χ4n) is 1.50. The lowest BCUT2D eigenvalue weighted by molar-refractivity contribution is 0.400. The molecule has 1 heterocycles. The number of likely N-dealkylation sites (tertiary alicyclic amines) is 1. The molecule has 1 rings (SSSR count). The molecule has 0 aromatic rings. The lowest BCUT2D eigenvalue weighted by Crippen LogP contribution is -2.28. The van der Waals surface area contributed by atoms with Gasteiger partial charge in [-0.3, -0.25) is 5.09 Å². The number of rotatable bonds is 2. The molecule has 10 heavy (non-hydrogen) atoms. The predicted molar refractivity (Wildman–Crippen MR) is 51.6 cm³/mol. The molecule has 0 bridgehead atoms. The molecule has 0 aliphatic carbocycles. The lowest BCUT2D eigenvalue weighted by Gasteiger charge is -2.13. The number of hydrogen-bond donors (Lipinski definition) is 1. The Kier molecular flexibility index (Phi) is 3.52. The van der Waals surface area contributed by atoms with E-state index in [1.54, 1.807) is 0 Å². The van der Waals surface area contributed by atoms with E-state index in [0.29, 0.717) is 0 Å². The van der Waals surface area contributed by atoms with Crippen LogP contribution in [0.2, 0.25) is 0 Å². The van der Waals surface area contributed by atoms with E-state index in [2.05, 4.69) is 32.9 Å². The molecule has 4 heteroatoms. The smallest absolute Gasteiger partial charge is 0.0269 e. The largest absolute Gasteiger partial charge is 0.304 e. The van der Waals surface area contributed by atoms with Gasteiger partial charge in [0.2, 0.25) is 0 Å². The van der Waals surface area contributed by atoms with Gasteiger partial charge in [0, 0.05) is 19.1 Å². The normalized spacial score (nSPS) is 36.3. The van der Waals surface area contributed by atoms with E-state index in [-0.39, 0.29) is 0 Å². The predicted octanol–water partition coefficient (Wildman–Crippen LogP) is 0.910. The van der Waals surface area contributed by atoms with Gasteiger partial charge in [-0.2, -0.15) is 0 Å². The summed E-state index contributed by atoms with van der Waals surface area (Å²) in [5.74, 6) is 0.818. The number of nitrogens with zero attached hydrogens (tertiary/aromatic N) is 1. The molecule has 60 valence electrons. The highest BCUT2D eigenvalue weighted by Gasteiger charge is 2.25. The number of nitrogens with one attached hydrogen (secondary N) is 1. The second kappa shape index (κ2) is 3.97. The average molecular weight is 178 g/mol. The molecule has 4 atom stereocenters. The zero-order chi connectivity index (χ0) is 7.56. The molecule has 2 unspecified atom stereocenters. The van der Waals surface area contributed by atoms with Gasteiger partial charge < -0.3 is 4.90 Å². The Labute approximate surface area is 67.1 Å². The molecule has 1 saturated heterocycles. The molecule has 0 aromatic heterocycles. The number of likely N-dealkylation sites (N-methyl/N-ethyl adjacent to an activating group) is 1. The zero-order valence-corrected chi connectivity index (χ0v) is 8.75. The van der Waals surface area contributed by atoms with Crippen LogP contribution in [0.1, 0.15) is 6.92 Å². The van der Waals surface area contributed by atoms with Crippen LogP contribution in [0, 0.1) is 5.92 Å². The molecule has 1 fully saturated rings. The second-order valence-electron chi connectivity index (χ2n) is 3.09. The van der Waals surface area contributed by atoms with Crippen molar-refractivity contribution in [2.45, 2.75) is 13.0 Å². The van der Waals surface area contributed by atoms with Crippen molar-refractivity contribution in [2.24, 2.45) is 5.92 Å². The first kappa shape index (κ1) is 8.87. The summed E-state index contributed by atoms with van der Waals surface area (Å²) in [6.07, 6.45) is 0. The third-order valence-corrected chi connectivity index (χ3v) is 3.10. The molecule has 1 aliphatic heterocycles. The van der Waals surface area contributed by atoms with Crippen LogP contribution in [-0.2, 0) is 0 Å². The Balaban J connectivity index is 2.31. The van der Waals surface area contributed by atoms with E-state index in [4.69, 9.17) is 0 Å². The van der Waals surface area contributed by atoms with Crippen LogP contribution in [0.3, 0.4) is 0 Å². The van der Waals surface area contributed by atoms with Crippen LogP contribution < -0.4 is 5.09 Å². The Bertz CT molecular complexity index is 110. The van der Waals surface area contributed by atoms with Gasteiger partial charge in [-0.1, -0.05) is 15.9 Å². The Hall–Kier alpha value is 0.780. The summed E-state index contributed by atoms with van der Waals surface area (Å²) >= 11 is 0. The average Bonchev–Trinajstić information content (AvgIpc) is 2.13. The summed E-state index contributed by atoms with van der Waals surface area (Å²) in [4.78, 5) is 2.38. The van der Waals surface area contributed by atoms with E-state index < -0.39 is 0 Å². The summed E-state index contributed by atoms with van der Waals surface area (Å²) in [6.45, 7) is 4.77. The first-order chi connectivity index (χ1) is 4.74. The lowest BCUT2D eigenvalue weighted by atomic mass is 10.1. The summed E-state index contributed by atoms with van der Waals surface area (Å²) in [5, 5.41) is 3.47. The van der Waals surface area contributed by atoms with Gasteiger partial charge in [0.25, 0.3) is 0 Å². The van der Waals surface area contributed by atoms with Crippen molar-refractivity contribution < 1.29 is 0 Å². The fourth-order valence-corrected chi connectivity index (χ4v) is 2.74. The minimum atomic E-state index is 0.723. The van der Waals surface area contributed by atoms with E-state index >= 15 is 0 Å². The van der Waals surface area contributed by atoms with Crippen LogP contribution >= 0.6 is 17.3 Å². The van der Waals surface area contributed by atoms with Gasteiger partial charge in [-0.15, -0.1) is 0 Å². The minimum absolute atomic E-state index is 0.723. The standard InChI is InChI=1S/C6H16N2P2/c1-5-3-8(2)4-6(5)7-10-9/h5-7,10H,3-4,9H2,1-2H3/t5-,6-/m0/s1. The fraction of sp³-hybridized carbons (Fsp3) is 1.00. The maximum absolute atomic E-state index is 3.47. The van der Waals surface area contributed by atoms with Crippen molar-refractivity contribution in [3.8, 4) is 0 Å². The quantitative estimate of drug-likeness (QED) is 0.632. The van der Waals surface area contributed by atoms with Crippen molar-refractivity contribution in [3.05, 3.63) is 0 Å². The van der Waals surface area contributed by atoms with E-state index in [9.17, 15) is 0 Å². The summed E-state index contributed by atoms with van der Waals surface area (Å²) in [7, 11) is 5.73. The van der Waals surface area contributed by atoms with Gasteiger partial charge >= 0.3 is 0 Å². The third-order valence-electron chi connectivity index (χ3n) is 2.06. The highest BCUT2D eigenvalue weighted by molar-refractivity contribution is 8.01. The van der Waals surface area contributed by atoms with Crippen LogP contribution in [0.5, 0.6) is 0 Å². The highest BCUT2D eigenvalue weighted by Crippen LogP contribution is 2.22. The second-order valence-corrected chi connectivity index (χ2v) is 4.54. The molecule has 1 N–H and O–H groups in total. The summed E-state index contributed by atoms with van der Waals surface area (Å²) < 4.78 is 0. The van der Waals surface area contributed by atoms with E-state index in [1.807, 2.05) is 0 Å². The first-order valence-electron chi connectivity index (χ1n) is 3.63. The van der Waals surface area contributed by atoms with Crippen molar-refractivity contribution in [2.75, 3.05) is 20.1 Å². The van der Waals surface area contributed by atoms with E-state index in [0.717, 1.165) is 20.4 Å². The van der Waals surface area contributed by atoms with Crippen LogP contribution in [-0.4, -0.2) is 31.1 Å². The minimum Gasteiger partial charge on any atom is -0.304 e. The third kappa shape index (κ3) is 2.13. The van der Waals surface area contributed by atoms with Crippen molar-refractivity contribution in [1.82, 2.24) is 9.99 Å². The molecular weight excluding hydrogens is 162 g/mol. The zero-order valence-electron chi connectivity index (χ0n) is 6.59. The molecule has 2 nitrogen and oxygen atoms in total. The van der Waals surface area contributed by atoms with Gasteiger partial charge in [-0.05, 0) is 21.4 Å². The van der Waals surface area contributed by atoms with Crippen LogP contribution in [0.15, 0.2) is 0 Å². The Morgan fingerprint density at radius 1 is 1.60 bits per heavy atom. The topological polar surface area (TPSA) is 15.3 Å². The monoisotopic (exact) mass is 178 g/mol. The Morgan fingerprint density at radius 2 is 2.30 bits per heavy atom. The highest BCUT2D eigenvalue weighted by atomic mass is 32.0. The van der Waals surface area contributed by atoms with Gasteiger partial charge in [0.15, 0.2) is 0 Å². The van der Waals surface area contributed by atoms with Crippen LogP contribution in [0.25, 0.3) is 0 Å². The summed E-state index contributed by atoms with van der Waals surface area (Å²) in [6, 6.07) is 0.723. The van der Waals surface area contributed by atoms with Gasteiger partial charge in [0.05, 0.1) is 0 Å². The van der Waals surface area contributed by atoms with Gasteiger partial charge in [-0.25, -0.2) is 0 Å². The molecule has 0 saturated carbocycles. The van der Waals surface area contributed by atoms with Gasteiger partial charge in [0.1, 0.15) is 0 Å².